The Kier molecular flexibility index (Phi) is 9.15. The number of hydrogen-bond donors (Lipinski definition) is 0. The molecule has 0 radical (unpaired) electrons. The van der Waals surface area contributed by atoms with Gasteiger partial charge in [0.15, 0.2) is 0 Å². The van der Waals surface area contributed by atoms with Crippen LogP contribution >= 0.6 is 0 Å². The molecule has 0 aliphatic carbocycles. The smallest absolute Gasteiger partial charge is 0.330 e. The van der Waals surface area contributed by atoms with Crippen LogP contribution in [0.3, 0.4) is 0 Å². The lowest BCUT2D eigenvalue weighted by Gasteiger charge is -2.01. The molecule has 74 valence electrons. The van der Waals surface area contributed by atoms with Crippen LogP contribution in [0, 0.1) is 0 Å². The maximum absolute atomic E-state index is 10.4. The summed E-state index contributed by atoms with van der Waals surface area (Å²) in [6.45, 7) is 6.45. The Hall–Kier alpha value is -1.58. The molecule has 0 aromatic heterocycles. The zero-order valence-electron chi connectivity index (χ0n) is 6.62. The van der Waals surface area contributed by atoms with E-state index in [2.05, 4.69) is 22.6 Å². The van der Waals surface area contributed by atoms with E-state index < -0.39 is 11.9 Å². The third-order valence-corrected chi connectivity index (χ3v) is 0.905. The summed E-state index contributed by atoms with van der Waals surface area (Å²) in [5.41, 5.74) is 0. The van der Waals surface area contributed by atoms with Crippen LogP contribution in [0.25, 0.3) is 0 Å². The monoisotopic (exact) mass is 186 g/mol. The second-order valence-electron chi connectivity index (χ2n) is 1.74. The van der Waals surface area contributed by atoms with E-state index in [9.17, 15) is 9.59 Å². The van der Waals surface area contributed by atoms with Crippen LogP contribution in [0.15, 0.2) is 25.3 Å². The van der Waals surface area contributed by atoms with E-state index in [0.717, 1.165) is 12.2 Å². The average Bonchev–Trinajstić information content (AvgIpc) is 2.11. The van der Waals surface area contributed by atoms with Crippen LogP contribution in [0.4, 0.5) is 0 Å². The van der Waals surface area contributed by atoms with Gasteiger partial charge in [-0.25, -0.2) is 9.59 Å². The maximum Gasteiger partial charge on any atom is 0.330 e. The maximum atomic E-state index is 10.4. The van der Waals surface area contributed by atoms with Crippen molar-refractivity contribution in [1.29, 1.82) is 0 Å². The molecule has 0 saturated carbocycles. The van der Waals surface area contributed by atoms with Gasteiger partial charge in [-0.2, -0.15) is 0 Å². The quantitative estimate of drug-likeness (QED) is 0.366. The minimum Gasteiger partial charge on any atom is -0.459 e. The number of hydrogen-bond acceptors (Lipinski definition) is 4. The van der Waals surface area contributed by atoms with Crippen LogP contribution in [-0.2, 0) is 19.1 Å². The van der Waals surface area contributed by atoms with Gasteiger partial charge >= 0.3 is 11.9 Å². The fourth-order valence-corrected chi connectivity index (χ4v) is 0.402. The van der Waals surface area contributed by atoms with Crippen molar-refractivity contribution in [3.63, 3.8) is 0 Å². The highest BCUT2D eigenvalue weighted by Gasteiger charge is 1.97. The predicted octanol–water partition coefficient (Wildman–Crippen LogP) is 1.08. The van der Waals surface area contributed by atoms with Crippen LogP contribution in [0.5, 0.6) is 0 Å². The lowest BCUT2D eigenvalue weighted by atomic mass is 10.6. The lowest BCUT2D eigenvalue weighted by molar-refractivity contribution is -0.146. The minimum absolute atomic E-state index is 0. The highest BCUT2D eigenvalue weighted by molar-refractivity contribution is 5.81. The van der Waals surface area contributed by atoms with Crippen molar-refractivity contribution < 1.29 is 19.1 Å². The molecular weight excluding hydrogens is 172 g/mol. The Bertz CT molecular complexity index is 174. The summed E-state index contributed by atoms with van der Waals surface area (Å²) in [6.07, 6.45) is 2.07. The fraction of sp³-hybridized carbons (Fsp3) is 0.333. The van der Waals surface area contributed by atoms with E-state index in [-0.39, 0.29) is 20.6 Å². The molecule has 0 unspecified atom stereocenters. The largest absolute Gasteiger partial charge is 0.459 e. The van der Waals surface area contributed by atoms with Crippen molar-refractivity contribution >= 4 is 11.9 Å². The van der Waals surface area contributed by atoms with Gasteiger partial charge in [0.1, 0.15) is 13.2 Å². The first kappa shape index (κ1) is 14.0. The molecule has 0 bridgehead atoms. The van der Waals surface area contributed by atoms with Crippen molar-refractivity contribution in [3.05, 3.63) is 25.3 Å². The molecule has 0 aromatic carbocycles. The molecule has 4 heteroatoms. The van der Waals surface area contributed by atoms with Crippen LogP contribution in [0.2, 0.25) is 0 Å². The number of rotatable bonds is 5. The summed E-state index contributed by atoms with van der Waals surface area (Å²) in [4.78, 5) is 20.9. The molecule has 0 saturated heterocycles. The molecular formula is C9H14O4. The van der Waals surface area contributed by atoms with Crippen LogP contribution < -0.4 is 0 Å². The Labute approximate surface area is 77.8 Å². The van der Waals surface area contributed by atoms with E-state index in [1.807, 2.05) is 0 Å². The molecule has 0 atom stereocenters. The molecule has 0 spiro atoms. The first-order chi connectivity index (χ1) is 5.70. The van der Waals surface area contributed by atoms with Crippen LogP contribution in [-0.4, -0.2) is 25.2 Å². The SMILES string of the molecule is C.C=CC(=O)OCCOC(=O)C=C. The van der Waals surface area contributed by atoms with Crippen molar-refractivity contribution in [1.82, 2.24) is 0 Å². The molecule has 0 fully saturated rings. The number of carbonyl (C=O) groups is 2. The van der Waals surface area contributed by atoms with E-state index in [4.69, 9.17) is 0 Å². The van der Waals surface area contributed by atoms with Gasteiger partial charge in [0, 0.05) is 12.2 Å². The molecule has 0 rings (SSSR count). The molecule has 0 amide bonds. The molecule has 0 aromatic rings. The van der Waals surface area contributed by atoms with E-state index in [1.165, 1.54) is 0 Å². The third-order valence-electron chi connectivity index (χ3n) is 0.905. The average molecular weight is 186 g/mol. The molecule has 4 nitrogen and oxygen atoms in total. The van der Waals surface area contributed by atoms with Crippen molar-refractivity contribution in [2.75, 3.05) is 13.2 Å². The van der Waals surface area contributed by atoms with Gasteiger partial charge in [0.25, 0.3) is 0 Å². The van der Waals surface area contributed by atoms with Crippen LogP contribution in [0.1, 0.15) is 7.43 Å². The molecule has 13 heavy (non-hydrogen) atoms. The Balaban J connectivity index is 0. The predicted molar refractivity (Wildman–Crippen MR) is 49.0 cm³/mol. The van der Waals surface area contributed by atoms with Gasteiger partial charge < -0.3 is 9.47 Å². The van der Waals surface area contributed by atoms with E-state index >= 15 is 0 Å². The van der Waals surface area contributed by atoms with Crippen molar-refractivity contribution in [3.8, 4) is 0 Å². The highest BCUT2D eigenvalue weighted by atomic mass is 16.6. The second kappa shape index (κ2) is 8.52. The van der Waals surface area contributed by atoms with Gasteiger partial charge in [-0.3, -0.25) is 0 Å². The first-order valence-corrected chi connectivity index (χ1v) is 3.29. The van der Waals surface area contributed by atoms with Gasteiger partial charge in [-0.05, 0) is 0 Å². The van der Waals surface area contributed by atoms with Gasteiger partial charge in [0.2, 0.25) is 0 Å². The van der Waals surface area contributed by atoms with E-state index in [1.54, 1.807) is 0 Å². The summed E-state index contributed by atoms with van der Waals surface area (Å²) >= 11 is 0. The zero-order chi connectivity index (χ0) is 9.40. The summed E-state index contributed by atoms with van der Waals surface area (Å²) < 4.78 is 9.04. The lowest BCUT2D eigenvalue weighted by Crippen LogP contribution is -2.10. The summed E-state index contributed by atoms with van der Waals surface area (Å²) in [5.74, 6) is -1.07. The molecule has 0 aliphatic rings. The summed E-state index contributed by atoms with van der Waals surface area (Å²) in [6, 6.07) is 0. The fourth-order valence-electron chi connectivity index (χ4n) is 0.402. The zero-order valence-corrected chi connectivity index (χ0v) is 6.62. The van der Waals surface area contributed by atoms with E-state index in [0.29, 0.717) is 0 Å². The standard InChI is InChI=1S/C8H10O4.CH4/c1-3-7(9)11-5-6-12-8(10)4-2;/h3-4H,1-2,5-6H2;1H4. The summed E-state index contributed by atoms with van der Waals surface area (Å²) in [7, 11) is 0. The van der Waals surface area contributed by atoms with Gasteiger partial charge in [0.05, 0.1) is 0 Å². The molecule has 0 heterocycles. The first-order valence-electron chi connectivity index (χ1n) is 3.29. The summed E-state index contributed by atoms with van der Waals surface area (Å²) in [5, 5.41) is 0. The normalized spacial score (nSPS) is 7.69. The molecule has 0 aliphatic heterocycles. The van der Waals surface area contributed by atoms with Crippen molar-refractivity contribution in [2.45, 2.75) is 7.43 Å². The number of ether oxygens (including phenoxy) is 2. The van der Waals surface area contributed by atoms with Gasteiger partial charge in [-0.15, -0.1) is 0 Å². The highest BCUT2D eigenvalue weighted by Crippen LogP contribution is 1.82. The molecule has 0 N–H and O–H groups in total. The Morgan fingerprint density at radius 1 is 1.00 bits per heavy atom. The third kappa shape index (κ3) is 8.33. The Morgan fingerprint density at radius 3 is 1.54 bits per heavy atom. The van der Waals surface area contributed by atoms with Gasteiger partial charge in [-0.1, -0.05) is 20.6 Å². The minimum atomic E-state index is -0.537. The Morgan fingerprint density at radius 2 is 1.31 bits per heavy atom. The number of carbonyl (C=O) groups excluding carboxylic acids is 2. The topological polar surface area (TPSA) is 52.6 Å². The van der Waals surface area contributed by atoms with Crippen molar-refractivity contribution in [2.24, 2.45) is 0 Å². The number of esters is 2. The second-order valence-corrected chi connectivity index (χ2v) is 1.74.